The molecule has 24 heavy (non-hydrogen) atoms. The zero-order valence-electron chi connectivity index (χ0n) is 14.9. The quantitative estimate of drug-likeness (QED) is 0.870. The van der Waals surface area contributed by atoms with Crippen molar-refractivity contribution in [1.29, 1.82) is 0 Å². The van der Waals surface area contributed by atoms with Crippen molar-refractivity contribution >= 4 is 5.91 Å². The van der Waals surface area contributed by atoms with E-state index < -0.39 is 0 Å². The fourth-order valence-electron chi connectivity index (χ4n) is 3.73. The second-order valence-electron chi connectivity index (χ2n) is 7.07. The highest BCUT2D eigenvalue weighted by molar-refractivity contribution is 5.79. The van der Waals surface area contributed by atoms with Gasteiger partial charge >= 0.3 is 0 Å². The molecule has 1 aromatic rings. The van der Waals surface area contributed by atoms with Crippen LogP contribution in [0.3, 0.4) is 0 Å². The van der Waals surface area contributed by atoms with Crippen LogP contribution in [0, 0.1) is 0 Å². The third-order valence-electron chi connectivity index (χ3n) is 5.22. The minimum absolute atomic E-state index is 0.144. The van der Waals surface area contributed by atoms with Crippen LogP contribution in [0.2, 0.25) is 0 Å². The van der Waals surface area contributed by atoms with E-state index in [1.54, 1.807) is 0 Å². The summed E-state index contributed by atoms with van der Waals surface area (Å²) in [6, 6.07) is 6.83. The highest BCUT2D eigenvalue weighted by Gasteiger charge is 2.18. The lowest BCUT2D eigenvalue weighted by Gasteiger charge is -2.30. The molecule has 0 radical (unpaired) electrons. The molecule has 1 aliphatic carbocycles. The molecule has 2 aliphatic rings. The second-order valence-corrected chi connectivity index (χ2v) is 7.07. The number of fused-ring (bicyclic) bond motifs is 1. The van der Waals surface area contributed by atoms with Crippen LogP contribution in [-0.2, 0) is 28.8 Å². The van der Waals surface area contributed by atoms with Crippen molar-refractivity contribution in [2.75, 3.05) is 32.8 Å². The number of rotatable bonds is 6. The zero-order chi connectivity index (χ0) is 16.8. The first-order valence-electron chi connectivity index (χ1n) is 9.44. The zero-order valence-corrected chi connectivity index (χ0v) is 14.9. The Hall–Kier alpha value is -1.39. The van der Waals surface area contributed by atoms with Crippen LogP contribution in [0.5, 0.6) is 0 Å². The van der Waals surface area contributed by atoms with Gasteiger partial charge in [-0.05, 0) is 48.8 Å². The van der Waals surface area contributed by atoms with Crippen LogP contribution in [-0.4, -0.2) is 49.7 Å². The summed E-state index contributed by atoms with van der Waals surface area (Å²) in [5, 5.41) is 3.22. The summed E-state index contributed by atoms with van der Waals surface area (Å²) in [6.45, 7) is 6.62. The van der Waals surface area contributed by atoms with E-state index in [9.17, 15) is 4.79 Å². The molecule has 132 valence electrons. The smallest absolute Gasteiger partial charge is 0.224 e. The van der Waals surface area contributed by atoms with Crippen molar-refractivity contribution in [2.24, 2.45) is 0 Å². The molecule has 1 fully saturated rings. The molecule has 1 aliphatic heterocycles. The van der Waals surface area contributed by atoms with Gasteiger partial charge in [0.15, 0.2) is 0 Å². The average Bonchev–Trinajstić information content (AvgIpc) is 2.62. The maximum Gasteiger partial charge on any atom is 0.224 e. The van der Waals surface area contributed by atoms with Gasteiger partial charge in [-0.25, -0.2) is 0 Å². The molecule has 1 N–H and O–H groups in total. The molecule has 4 heteroatoms. The second kappa shape index (κ2) is 8.63. The first-order valence-corrected chi connectivity index (χ1v) is 9.44. The Morgan fingerprint density at radius 1 is 1.21 bits per heavy atom. The van der Waals surface area contributed by atoms with Crippen LogP contribution in [0.15, 0.2) is 18.2 Å². The number of amides is 1. The van der Waals surface area contributed by atoms with Crippen molar-refractivity contribution in [2.45, 2.75) is 51.5 Å². The Balaban J connectivity index is 1.52. The summed E-state index contributed by atoms with van der Waals surface area (Å²) in [4.78, 5) is 14.8. The first-order chi connectivity index (χ1) is 11.7. The Morgan fingerprint density at radius 3 is 2.71 bits per heavy atom. The van der Waals surface area contributed by atoms with E-state index in [2.05, 4.69) is 35.3 Å². The monoisotopic (exact) mass is 330 g/mol. The summed E-state index contributed by atoms with van der Waals surface area (Å²) in [7, 11) is 0. The number of nitrogens with zero attached hydrogens (tertiary/aromatic N) is 1. The number of benzene rings is 1. The molecule has 0 unspecified atom stereocenters. The Bertz CT molecular complexity index is 553. The van der Waals surface area contributed by atoms with Gasteiger partial charge in [-0.1, -0.05) is 25.1 Å². The fourth-order valence-corrected chi connectivity index (χ4v) is 3.73. The molecule has 0 bridgehead atoms. The van der Waals surface area contributed by atoms with E-state index in [0.717, 1.165) is 44.8 Å². The number of aryl methyl sites for hydroxylation is 2. The minimum Gasteiger partial charge on any atom is -0.379 e. The van der Waals surface area contributed by atoms with Crippen molar-refractivity contribution in [1.82, 2.24) is 10.2 Å². The molecule has 4 nitrogen and oxygen atoms in total. The van der Waals surface area contributed by atoms with Crippen LogP contribution in [0.25, 0.3) is 0 Å². The number of hydrogen-bond acceptors (Lipinski definition) is 3. The number of ether oxygens (including phenoxy) is 1. The maximum absolute atomic E-state index is 12.4. The van der Waals surface area contributed by atoms with Crippen molar-refractivity contribution < 1.29 is 9.53 Å². The minimum atomic E-state index is 0.144. The van der Waals surface area contributed by atoms with Gasteiger partial charge in [0.2, 0.25) is 5.91 Å². The van der Waals surface area contributed by atoms with E-state index in [0.29, 0.717) is 6.42 Å². The molecule has 1 atom stereocenters. The van der Waals surface area contributed by atoms with Crippen LogP contribution in [0.1, 0.15) is 42.9 Å². The van der Waals surface area contributed by atoms with Crippen LogP contribution >= 0.6 is 0 Å². The summed E-state index contributed by atoms with van der Waals surface area (Å²) in [5.41, 5.74) is 4.07. The van der Waals surface area contributed by atoms with Crippen molar-refractivity contribution in [3.8, 4) is 0 Å². The molecule has 3 rings (SSSR count). The maximum atomic E-state index is 12.4. The van der Waals surface area contributed by atoms with Crippen LogP contribution < -0.4 is 5.32 Å². The normalized spacial score (nSPS) is 19.5. The van der Waals surface area contributed by atoms with E-state index >= 15 is 0 Å². The number of nitrogens with one attached hydrogen (secondary N) is 1. The standard InChI is InChI=1S/C20H30N2O2/c1-2-19(15-22-9-11-24-12-10-22)21-20(23)14-16-7-8-17-5-3-4-6-18(17)13-16/h7-8,13,19H,2-6,9-12,14-15H2,1H3,(H,21,23)/t19-/m1/s1. The molecule has 0 saturated carbocycles. The lowest BCUT2D eigenvalue weighted by atomic mass is 9.90. The van der Waals surface area contributed by atoms with Gasteiger partial charge in [-0.2, -0.15) is 0 Å². The lowest BCUT2D eigenvalue weighted by Crippen LogP contribution is -2.47. The SMILES string of the molecule is CC[C@H](CN1CCOCC1)NC(=O)Cc1ccc2c(c1)CCCC2. The lowest BCUT2D eigenvalue weighted by molar-refractivity contribution is -0.121. The number of morpholine rings is 1. The largest absolute Gasteiger partial charge is 0.379 e. The number of carbonyl (C=O) groups excluding carboxylic acids is 1. The van der Waals surface area contributed by atoms with Gasteiger partial charge in [0.25, 0.3) is 0 Å². The highest BCUT2D eigenvalue weighted by Crippen LogP contribution is 2.22. The first kappa shape index (κ1) is 17.4. The van der Waals surface area contributed by atoms with Gasteiger partial charge in [0.1, 0.15) is 0 Å². The topological polar surface area (TPSA) is 41.6 Å². The Labute approximate surface area is 145 Å². The molecular weight excluding hydrogens is 300 g/mol. The molecule has 0 spiro atoms. The average molecular weight is 330 g/mol. The molecular formula is C20H30N2O2. The summed E-state index contributed by atoms with van der Waals surface area (Å²) < 4.78 is 5.39. The summed E-state index contributed by atoms with van der Waals surface area (Å²) in [5.74, 6) is 0.144. The van der Waals surface area contributed by atoms with E-state index in [1.165, 1.54) is 36.8 Å². The molecule has 1 heterocycles. The molecule has 0 aromatic heterocycles. The Kier molecular flexibility index (Phi) is 6.27. The van der Waals surface area contributed by atoms with Gasteiger partial charge in [0, 0.05) is 25.7 Å². The fraction of sp³-hybridized carbons (Fsp3) is 0.650. The molecule has 1 amide bonds. The van der Waals surface area contributed by atoms with Gasteiger partial charge in [-0.15, -0.1) is 0 Å². The van der Waals surface area contributed by atoms with Gasteiger partial charge in [-0.3, -0.25) is 9.69 Å². The Morgan fingerprint density at radius 2 is 1.96 bits per heavy atom. The van der Waals surface area contributed by atoms with Crippen molar-refractivity contribution in [3.63, 3.8) is 0 Å². The van der Waals surface area contributed by atoms with E-state index in [1.807, 2.05) is 0 Å². The van der Waals surface area contributed by atoms with Gasteiger partial charge < -0.3 is 10.1 Å². The number of carbonyl (C=O) groups is 1. The predicted octanol–water partition coefficient (Wildman–Crippen LogP) is 2.33. The molecule has 1 saturated heterocycles. The third kappa shape index (κ3) is 4.81. The predicted molar refractivity (Wildman–Crippen MR) is 96.3 cm³/mol. The number of hydrogen-bond donors (Lipinski definition) is 1. The summed E-state index contributed by atoms with van der Waals surface area (Å²) >= 11 is 0. The van der Waals surface area contributed by atoms with E-state index in [4.69, 9.17) is 4.74 Å². The highest BCUT2D eigenvalue weighted by atomic mass is 16.5. The van der Waals surface area contributed by atoms with Gasteiger partial charge in [0.05, 0.1) is 19.6 Å². The third-order valence-corrected chi connectivity index (χ3v) is 5.22. The van der Waals surface area contributed by atoms with E-state index in [-0.39, 0.29) is 11.9 Å². The van der Waals surface area contributed by atoms with Crippen molar-refractivity contribution in [3.05, 3.63) is 34.9 Å². The molecule has 1 aromatic carbocycles. The summed E-state index contributed by atoms with van der Waals surface area (Å²) in [6.07, 6.45) is 6.39. The van der Waals surface area contributed by atoms with Crippen LogP contribution in [0.4, 0.5) is 0 Å².